The summed E-state index contributed by atoms with van der Waals surface area (Å²) >= 11 is 5.43. The second-order valence-electron chi connectivity index (χ2n) is 3.40. The van der Waals surface area contributed by atoms with Gasteiger partial charge < -0.3 is 4.74 Å². The van der Waals surface area contributed by atoms with E-state index in [-0.39, 0.29) is 12.7 Å². The lowest BCUT2D eigenvalue weighted by molar-refractivity contribution is 0.264. The Balaban J connectivity index is 2.64. The number of hydrogen-bond acceptors (Lipinski definition) is 1. The van der Waals surface area contributed by atoms with E-state index in [1.807, 2.05) is 0 Å². The second kappa shape index (κ2) is 6.69. The number of halogens is 5. The molecule has 0 amide bonds. The summed E-state index contributed by atoms with van der Waals surface area (Å²) in [6.45, 7) is -0.0202. The van der Waals surface area contributed by atoms with Crippen molar-refractivity contribution in [2.45, 2.75) is 19.3 Å². The third kappa shape index (κ3) is 3.77. The van der Waals surface area contributed by atoms with E-state index in [4.69, 9.17) is 16.3 Å². The zero-order valence-electron chi connectivity index (χ0n) is 8.91. The summed E-state index contributed by atoms with van der Waals surface area (Å²) in [5.41, 5.74) is 0. The molecule has 1 rings (SSSR count). The fraction of sp³-hybridized carbons (Fsp3) is 0.455. The highest BCUT2D eigenvalue weighted by molar-refractivity contribution is 6.17. The highest BCUT2D eigenvalue weighted by atomic mass is 35.5. The van der Waals surface area contributed by atoms with Gasteiger partial charge in [-0.25, -0.2) is 8.78 Å². The molecule has 1 nitrogen and oxygen atoms in total. The molecule has 0 saturated carbocycles. The number of unbranched alkanes of at least 4 members (excludes halogenated alkanes) is 2. The number of alkyl halides is 1. The van der Waals surface area contributed by atoms with E-state index in [0.717, 1.165) is 6.42 Å². The van der Waals surface area contributed by atoms with E-state index in [1.54, 1.807) is 0 Å². The first-order valence-electron chi connectivity index (χ1n) is 5.09. The van der Waals surface area contributed by atoms with Crippen LogP contribution in [-0.4, -0.2) is 12.5 Å². The number of hydrogen-bond donors (Lipinski definition) is 0. The molecule has 0 heterocycles. The van der Waals surface area contributed by atoms with E-state index in [0.29, 0.717) is 18.7 Å². The molecule has 96 valence electrons. The van der Waals surface area contributed by atoms with Crippen molar-refractivity contribution in [3.8, 4) is 5.75 Å². The molecule has 0 radical (unpaired) electrons. The zero-order valence-corrected chi connectivity index (χ0v) is 9.67. The van der Waals surface area contributed by atoms with Gasteiger partial charge in [0, 0.05) is 11.9 Å². The Morgan fingerprint density at radius 2 is 1.53 bits per heavy atom. The van der Waals surface area contributed by atoms with Crippen molar-refractivity contribution in [3.63, 3.8) is 0 Å². The van der Waals surface area contributed by atoms with Crippen LogP contribution in [-0.2, 0) is 0 Å². The molecular weight excluding hydrogens is 260 g/mol. The van der Waals surface area contributed by atoms with Gasteiger partial charge in [-0.1, -0.05) is 0 Å². The van der Waals surface area contributed by atoms with Crippen molar-refractivity contribution < 1.29 is 22.3 Å². The predicted octanol–water partition coefficient (Wildman–Crippen LogP) is 4.03. The van der Waals surface area contributed by atoms with Crippen molar-refractivity contribution >= 4 is 11.6 Å². The van der Waals surface area contributed by atoms with Crippen LogP contribution >= 0.6 is 11.6 Å². The third-order valence-electron chi connectivity index (χ3n) is 2.10. The fourth-order valence-electron chi connectivity index (χ4n) is 1.23. The molecule has 0 unspecified atom stereocenters. The Bertz CT molecular complexity index is 358. The highest BCUT2D eigenvalue weighted by Gasteiger charge is 2.20. The second-order valence-corrected chi connectivity index (χ2v) is 3.77. The van der Waals surface area contributed by atoms with Crippen LogP contribution in [0.2, 0.25) is 0 Å². The van der Waals surface area contributed by atoms with Crippen LogP contribution in [0.25, 0.3) is 0 Å². The summed E-state index contributed by atoms with van der Waals surface area (Å²) in [6.07, 6.45) is 1.96. The summed E-state index contributed by atoms with van der Waals surface area (Å²) in [5.74, 6) is -6.49. The van der Waals surface area contributed by atoms with Crippen molar-refractivity contribution in [1.29, 1.82) is 0 Å². The Morgan fingerprint density at radius 3 is 2.06 bits per heavy atom. The lowest BCUT2D eigenvalue weighted by Crippen LogP contribution is -2.05. The van der Waals surface area contributed by atoms with Gasteiger partial charge in [-0.05, 0) is 19.3 Å². The largest absolute Gasteiger partial charge is 0.487 e. The van der Waals surface area contributed by atoms with Crippen LogP contribution in [0.4, 0.5) is 17.6 Å². The minimum Gasteiger partial charge on any atom is -0.487 e. The average Bonchev–Trinajstić information content (AvgIpc) is 2.30. The van der Waals surface area contributed by atoms with Gasteiger partial charge in [0.25, 0.3) is 0 Å². The highest BCUT2D eigenvalue weighted by Crippen LogP contribution is 2.26. The number of rotatable bonds is 6. The zero-order chi connectivity index (χ0) is 12.8. The summed E-state index contributed by atoms with van der Waals surface area (Å²) in [7, 11) is 0. The number of benzene rings is 1. The van der Waals surface area contributed by atoms with Gasteiger partial charge in [0.05, 0.1) is 6.61 Å². The molecule has 0 bridgehead atoms. The first kappa shape index (κ1) is 14.1. The van der Waals surface area contributed by atoms with E-state index >= 15 is 0 Å². The first-order chi connectivity index (χ1) is 8.07. The molecule has 17 heavy (non-hydrogen) atoms. The summed E-state index contributed by atoms with van der Waals surface area (Å²) in [6, 6.07) is 0.144. The predicted molar refractivity (Wildman–Crippen MR) is 56.3 cm³/mol. The van der Waals surface area contributed by atoms with Crippen LogP contribution < -0.4 is 4.74 Å². The van der Waals surface area contributed by atoms with Crippen LogP contribution in [0.1, 0.15) is 19.3 Å². The first-order valence-corrected chi connectivity index (χ1v) is 5.63. The fourth-order valence-corrected chi connectivity index (χ4v) is 1.41. The summed E-state index contributed by atoms with van der Waals surface area (Å²) < 4.78 is 56.4. The molecule has 0 aromatic heterocycles. The van der Waals surface area contributed by atoms with Gasteiger partial charge in [0.15, 0.2) is 17.4 Å². The molecule has 0 aliphatic rings. The molecule has 0 atom stereocenters. The van der Waals surface area contributed by atoms with Crippen LogP contribution in [0.15, 0.2) is 6.07 Å². The molecule has 6 heteroatoms. The number of ether oxygens (including phenoxy) is 1. The lowest BCUT2D eigenvalue weighted by Gasteiger charge is -2.09. The average molecular weight is 271 g/mol. The standard InChI is InChI=1S/C11H11ClF4O/c12-4-2-1-3-5-17-11-9(15)7(13)6-8(14)10(11)16/h6H,1-5H2. The smallest absolute Gasteiger partial charge is 0.203 e. The maximum absolute atomic E-state index is 13.1. The molecule has 0 spiro atoms. The van der Waals surface area contributed by atoms with Crippen molar-refractivity contribution in [1.82, 2.24) is 0 Å². The molecule has 1 aromatic carbocycles. The van der Waals surface area contributed by atoms with E-state index < -0.39 is 29.0 Å². The lowest BCUT2D eigenvalue weighted by atomic mass is 10.2. The topological polar surface area (TPSA) is 9.23 Å². The monoisotopic (exact) mass is 270 g/mol. The Hall–Kier alpha value is -0.970. The van der Waals surface area contributed by atoms with Crippen LogP contribution in [0.5, 0.6) is 5.75 Å². The molecular formula is C11H11ClF4O. The van der Waals surface area contributed by atoms with Crippen molar-refractivity contribution in [3.05, 3.63) is 29.3 Å². The molecule has 0 N–H and O–H groups in total. The minimum atomic E-state index is -1.51. The van der Waals surface area contributed by atoms with Crippen LogP contribution in [0.3, 0.4) is 0 Å². The quantitative estimate of drug-likeness (QED) is 0.328. The molecule has 0 aliphatic heterocycles. The van der Waals surface area contributed by atoms with Gasteiger partial charge in [0.1, 0.15) is 0 Å². The van der Waals surface area contributed by atoms with E-state index in [1.165, 1.54) is 0 Å². The summed E-state index contributed by atoms with van der Waals surface area (Å²) in [5, 5.41) is 0. The SMILES string of the molecule is Fc1cc(F)c(F)c(OCCCCCCl)c1F. The van der Waals surface area contributed by atoms with Crippen LogP contribution in [0, 0.1) is 23.3 Å². The normalized spacial score (nSPS) is 10.6. The molecule has 1 aromatic rings. The molecule has 0 saturated heterocycles. The maximum atomic E-state index is 13.1. The van der Waals surface area contributed by atoms with Gasteiger partial charge in [-0.15, -0.1) is 11.6 Å². The van der Waals surface area contributed by atoms with Gasteiger partial charge in [0.2, 0.25) is 11.6 Å². The Morgan fingerprint density at radius 1 is 0.941 bits per heavy atom. The third-order valence-corrected chi connectivity index (χ3v) is 2.36. The van der Waals surface area contributed by atoms with Gasteiger partial charge >= 0.3 is 0 Å². The Kier molecular flexibility index (Phi) is 5.55. The van der Waals surface area contributed by atoms with Crippen molar-refractivity contribution in [2.75, 3.05) is 12.5 Å². The Labute approximate surface area is 101 Å². The van der Waals surface area contributed by atoms with Gasteiger partial charge in [-0.2, -0.15) is 8.78 Å². The minimum absolute atomic E-state index is 0.0202. The van der Waals surface area contributed by atoms with E-state index in [2.05, 4.69) is 0 Å². The maximum Gasteiger partial charge on any atom is 0.203 e. The van der Waals surface area contributed by atoms with Crippen molar-refractivity contribution in [2.24, 2.45) is 0 Å². The van der Waals surface area contributed by atoms with E-state index in [9.17, 15) is 17.6 Å². The molecule has 0 aliphatic carbocycles. The molecule has 0 fully saturated rings. The summed E-state index contributed by atoms with van der Waals surface area (Å²) in [4.78, 5) is 0. The van der Waals surface area contributed by atoms with Gasteiger partial charge in [-0.3, -0.25) is 0 Å².